The van der Waals surface area contributed by atoms with Crippen LogP contribution >= 0.6 is 22.9 Å². The second-order valence-electron chi connectivity index (χ2n) is 6.41. The molecule has 0 aliphatic carbocycles. The lowest BCUT2D eigenvalue weighted by Gasteiger charge is -2.04. The molecule has 3 aromatic rings. The molecule has 1 aromatic carbocycles. The number of aryl methyl sites for hydroxylation is 2. The molecule has 0 saturated carbocycles. The highest BCUT2D eigenvalue weighted by Gasteiger charge is 2.19. The first-order valence-electron chi connectivity index (χ1n) is 8.92. The van der Waals surface area contributed by atoms with Crippen LogP contribution < -0.4 is 10.6 Å². The van der Waals surface area contributed by atoms with Gasteiger partial charge < -0.3 is 19.8 Å². The monoisotopic (exact) mass is 446 g/mol. The van der Waals surface area contributed by atoms with Gasteiger partial charge in [-0.2, -0.15) is 0 Å². The number of anilines is 1. The van der Waals surface area contributed by atoms with Crippen molar-refractivity contribution in [2.45, 2.75) is 20.4 Å². The molecule has 0 fully saturated rings. The number of amides is 2. The molecule has 7 nitrogen and oxygen atoms in total. The maximum atomic E-state index is 12.6. The molecular weight excluding hydrogens is 428 g/mol. The zero-order valence-electron chi connectivity index (χ0n) is 16.5. The maximum Gasteiger partial charge on any atom is 0.341 e. The minimum atomic E-state index is -0.498. The second-order valence-corrected chi connectivity index (χ2v) is 7.87. The van der Waals surface area contributed by atoms with Crippen LogP contribution in [0.25, 0.3) is 0 Å². The predicted molar refractivity (Wildman–Crippen MR) is 114 cm³/mol. The summed E-state index contributed by atoms with van der Waals surface area (Å²) in [6.45, 7) is 3.53. The number of ether oxygens (including phenoxy) is 1. The normalized spacial score (nSPS) is 10.5. The molecule has 0 spiro atoms. The van der Waals surface area contributed by atoms with E-state index < -0.39 is 5.97 Å². The largest absolute Gasteiger partial charge is 0.465 e. The van der Waals surface area contributed by atoms with Crippen molar-refractivity contribution in [1.82, 2.24) is 5.32 Å². The Morgan fingerprint density at radius 3 is 2.53 bits per heavy atom. The van der Waals surface area contributed by atoms with Crippen LogP contribution in [0.5, 0.6) is 0 Å². The van der Waals surface area contributed by atoms with Gasteiger partial charge in [-0.25, -0.2) is 4.79 Å². The molecule has 0 aliphatic heterocycles. The average Bonchev–Trinajstić information content (AvgIpc) is 3.27. The maximum absolute atomic E-state index is 12.6. The van der Waals surface area contributed by atoms with E-state index in [1.54, 1.807) is 44.2 Å². The fourth-order valence-corrected chi connectivity index (χ4v) is 3.99. The van der Waals surface area contributed by atoms with Gasteiger partial charge in [-0.05, 0) is 43.7 Å². The third-order valence-electron chi connectivity index (χ3n) is 4.28. The Bertz CT molecular complexity index is 1120. The lowest BCUT2D eigenvalue weighted by atomic mass is 10.2. The molecule has 2 amide bonds. The standard InChI is InChI=1S/C21H19ClN2O5S/c1-11-8-17(24-19(25)14-6-4-5-7-16(14)22)30-18(11)20(26)23-10-13-9-15(12(2)29-13)21(27)28-3/h4-9H,10H2,1-3H3,(H,23,26)(H,24,25). The van der Waals surface area contributed by atoms with Gasteiger partial charge in [0.25, 0.3) is 11.8 Å². The Kier molecular flexibility index (Phi) is 6.59. The quantitative estimate of drug-likeness (QED) is 0.540. The summed E-state index contributed by atoms with van der Waals surface area (Å²) in [7, 11) is 1.29. The van der Waals surface area contributed by atoms with Crippen LogP contribution in [-0.2, 0) is 11.3 Å². The topological polar surface area (TPSA) is 97.6 Å². The van der Waals surface area contributed by atoms with Gasteiger partial charge in [0.2, 0.25) is 0 Å². The van der Waals surface area contributed by atoms with E-state index in [0.717, 1.165) is 16.9 Å². The van der Waals surface area contributed by atoms with Crippen molar-refractivity contribution in [3.05, 3.63) is 74.5 Å². The molecule has 2 N–H and O–H groups in total. The van der Waals surface area contributed by atoms with Crippen LogP contribution in [0.4, 0.5) is 5.00 Å². The fraction of sp³-hybridized carbons (Fsp3) is 0.190. The van der Waals surface area contributed by atoms with Gasteiger partial charge in [-0.3, -0.25) is 9.59 Å². The van der Waals surface area contributed by atoms with Crippen molar-refractivity contribution in [3.63, 3.8) is 0 Å². The highest BCUT2D eigenvalue weighted by atomic mass is 35.5. The van der Waals surface area contributed by atoms with Gasteiger partial charge in [0.1, 0.15) is 17.1 Å². The van der Waals surface area contributed by atoms with Gasteiger partial charge in [-0.15, -0.1) is 11.3 Å². The smallest absolute Gasteiger partial charge is 0.341 e. The van der Waals surface area contributed by atoms with Gasteiger partial charge in [0, 0.05) is 0 Å². The number of esters is 1. The Balaban J connectivity index is 1.66. The van der Waals surface area contributed by atoms with Gasteiger partial charge in [-0.1, -0.05) is 23.7 Å². The van der Waals surface area contributed by atoms with Crippen LogP contribution in [-0.4, -0.2) is 24.9 Å². The number of methoxy groups -OCH3 is 1. The molecule has 156 valence electrons. The fourth-order valence-electron chi connectivity index (χ4n) is 2.78. The molecule has 0 bridgehead atoms. The van der Waals surface area contributed by atoms with Crippen molar-refractivity contribution in [2.24, 2.45) is 0 Å². The average molecular weight is 447 g/mol. The van der Waals surface area contributed by atoms with Crippen LogP contribution in [0.1, 0.15) is 47.5 Å². The molecule has 30 heavy (non-hydrogen) atoms. The molecule has 0 radical (unpaired) electrons. The number of rotatable bonds is 6. The van der Waals surface area contributed by atoms with E-state index in [1.165, 1.54) is 13.2 Å². The number of furan rings is 1. The zero-order valence-corrected chi connectivity index (χ0v) is 18.1. The SMILES string of the molecule is COC(=O)c1cc(CNC(=O)c2sc(NC(=O)c3ccccc3Cl)cc2C)oc1C. The van der Waals surface area contributed by atoms with E-state index in [0.29, 0.717) is 37.5 Å². The Morgan fingerprint density at radius 1 is 1.10 bits per heavy atom. The molecular formula is C21H19ClN2O5S. The van der Waals surface area contributed by atoms with E-state index in [2.05, 4.69) is 15.4 Å². The Labute approximate surface area is 182 Å². The predicted octanol–water partition coefficient (Wildman–Crippen LogP) is 4.58. The number of hydrogen-bond acceptors (Lipinski definition) is 6. The number of carbonyl (C=O) groups excluding carboxylic acids is 3. The van der Waals surface area contributed by atoms with Gasteiger partial charge in [0.05, 0.1) is 34.1 Å². The lowest BCUT2D eigenvalue weighted by molar-refractivity contribution is 0.0598. The van der Waals surface area contributed by atoms with Crippen LogP contribution in [0, 0.1) is 13.8 Å². The number of halogens is 1. The molecule has 0 atom stereocenters. The number of thiophene rings is 1. The van der Waals surface area contributed by atoms with E-state index in [9.17, 15) is 14.4 Å². The summed E-state index contributed by atoms with van der Waals surface area (Å²) in [6, 6.07) is 9.99. The Morgan fingerprint density at radius 2 is 1.83 bits per heavy atom. The summed E-state index contributed by atoms with van der Waals surface area (Å²) < 4.78 is 10.2. The Hall–Kier alpha value is -3.10. The third-order valence-corrected chi connectivity index (χ3v) is 5.76. The van der Waals surface area contributed by atoms with Crippen LogP contribution in [0.15, 0.2) is 40.8 Å². The van der Waals surface area contributed by atoms with Crippen LogP contribution in [0.3, 0.4) is 0 Å². The van der Waals surface area contributed by atoms with Crippen molar-refractivity contribution in [2.75, 3.05) is 12.4 Å². The summed E-state index contributed by atoms with van der Waals surface area (Å²) >= 11 is 7.21. The first-order chi connectivity index (χ1) is 14.3. The molecule has 2 heterocycles. The third kappa shape index (κ3) is 4.72. The first-order valence-corrected chi connectivity index (χ1v) is 10.1. The van der Waals surface area contributed by atoms with Crippen LogP contribution in [0.2, 0.25) is 5.02 Å². The number of nitrogens with one attached hydrogen (secondary N) is 2. The lowest BCUT2D eigenvalue weighted by Crippen LogP contribution is -2.22. The molecule has 0 unspecified atom stereocenters. The minimum absolute atomic E-state index is 0.106. The second kappa shape index (κ2) is 9.15. The first kappa shape index (κ1) is 21.6. The summed E-state index contributed by atoms with van der Waals surface area (Å²) in [5, 5.41) is 6.40. The van der Waals surface area contributed by atoms with Crippen molar-refractivity contribution >= 4 is 45.7 Å². The van der Waals surface area contributed by atoms with E-state index in [4.69, 9.17) is 16.0 Å². The highest BCUT2D eigenvalue weighted by Crippen LogP contribution is 2.28. The molecule has 3 rings (SSSR count). The minimum Gasteiger partial charge on any atom is -0.465 e. The summed E-state index contributed by atoms with van der Waals surface area (Å²) in [6.07, 6.45) is 0. The van der Waals surface area contributed by atoms with E-state index >= 15 is 0 Å². The molecule has 0 saturated heterocycles. The van der Waals surface area contributed by atoms with Crippen molar-refractivity contribution < 1.29 is 23.5 Å². The molecule has 2 aromatic heterocycles. The summed E-state index contributed by atoms with van der Waals surface area (Å²) in [5.41, 5.74) is 1.39. The summed E-state index contributed by atoms with van der Waals surface area (Å²) in [4.78, 5) is 37.1. The zero-order chi connectivity index (χ0) is 21.8. The van der Waals surface area contributed by atoms with Crippen molar-refractivity contribution in [1.29, 1.82) is 0 Å². The van der Waals surface area contributed by atoms with E-state index in [-0.39, 0.29) is 18.4 Å². The van der Waals surface area contributed by atoms with Crippen molar-refractivity contribution in [3.8, 4) is 0 Å². The summed E-state index contributed by atoms with van der Waals surface area (Å²) in [5.74, 6) is -0.313. The number of hydrogen-bond donors (Lipinski definition) is 2. The number of benzene rings is 1. The highest BCUT2D eigenvalue weighted by molar-refractivity contribution is 7.18. The van der Waals surface area contributed by atoms with E-state index in [1.807, 2.05) is 0 Å². The van der Waals surface area contributed by atoms with Gasteiger partial charge >= 0.3 is 5.97 Å². The number of carbonyl (C=O) groups is 3. The molecule has 0 aliphatic rings. The molecule has 9 heteroatoms. The van der Waals surface area contributed by atoms with Gasteiger partial charge in [0.15, 0.2) is 0 Å².